The van der Waals surface area contributed by atoms with E-state index >= 15 is 0 Å². The lowest BCUT2D eigenvalue weighted by Crippen LogP contribution is -2.30. The van der Waals surface area contributed by atoms with E-state index in [4.69, 9.17) is 20.0 Å². The average molecular weight is 453 g/mol. The second-order valence-corrected chi connectivity index (χ2v) is 7.39. The van der Waals surface area contributed by atoms with Crippen molar-refractivity contribution in [1.29, 1.82) is 0 Å². The number of amidine groups is 1. The van der Waals surface area contributed by atoms with E-state index in [0.29, 0.717) is 22.9 Å². The Morgan fingerprint density at radius 3 is 2.58 bits per heavy atom. The van der Waals surface area contributed by atoms with Crippen LogP contribution in [0.15, 0.2) is 47.8 Å². The topological polar surface area (TPSA) is 126 Å². The van der Waals surface area contributed by atoms with Gasteiger partial charge in [-0.25, -0.2) is 9.67 Å². The Morgan fingerprint density at radius 2 is 1.97 bits per heavy atom. The van der Waals surface area contributed by atoms with Gasteiger partial charge in [-0.05, 0) is 57.2 Å². The molecule has 2 aromatic heterocycles. The summed E-state index contributed by atoms with van der Waals surface area (Å²) >= 11 is 0. The van der Waals surface area contributed by atoms with Crippen molar-refractivity contribution in [1.82, 2.24) is 20.1 Å². The third-order valence-electron chi connectivity index (χ3n) is 4.91. The summed E-state index contributed by atoms with van der Waals surface area (Å²) in [6.45, 7) is 5.41. The van der Waals surface area contributed by atoms with E-state index in [-0.39, 0.29) is 24.4 Å². The summed E-state index contributed by atoms with van der Waals surface area (Å²) in [6.07, 6.45) is 1.57. The number of hydrogen-bond acceptors (Lipinski definition) is 7. The Morgan fingerprint density at radius 1 is 1.18 bits per heavy atom. The number of carbonyl (C=O) groups excluding carboxylic acids is 1. The van der Waals surface area contributed by atoms with Gasteiger partial charge in [0.2, 0.25) is 0 Å². The summed E-state index contributed by atoms with van der Waals surface area (Å²) in [5.41, 5.74) is 9.20. The molecule has 1 atom stereocenters. The molecule has 3 aromatic rings. The Bertz CT molecular complexity index is 1140. The maximum Gasteiger partial charge on any atom is 0.261 e. The predicted molar refractivity (Wildman–Crippen MR) is 124 cm³/mol. The van der Waals surface area contributed by atoms with E-state index in [0.717, 1.165) is 17.0 Å². The number of rotatable bonds is 9. The number of nitrogens with zero attached hydrogens (tertiary/aromatic N) is 4. The minimum absolute atomic E-state index is 0.109. The Balaban J connectivity index is 1.57. The first kappa shape index (κ1) is 23.6. The molecule has 0 spiro atoms. The fourth-order valence-electron chi connectivity index (χ4n) is 3.28. The van der Waals surface area contributed by atoms with Crippen LogP contribution in [0.2, 0.25) is 0 Å². The number of aromatic nitrogens is 3. The molecule has 2 heterocycles. The number of methoxy groups -OCH3 is 2. The predicted octanol–water partition coefficient (Wildman–Crippen LogP) is 2.42. The van der Waals surface area contributed by atoms with Crippen LogP contribution in [0.3, 0.4) is 0 Å². The summed E-state index contributed by atoms with van der Waals surface area (Å²) in [7, 11) is 3.15. The SMILES string of the molecule is COc1ccc(OC)c([C@@H](C)NC(=O)CO/N=C(/N)c2ccc(-n3nc(C)cc3C)nc2)c1. The van der Waals surface area contributed by atoms with Gasteiger partial charge < -0.3 is 25.4 Å². The maximum absolute atomic E-state index is 12.3. The first-order chi connectivity index (χ1) is 15.8. The van der Waals surface area contributed by atoms with Gasteiger partial charge in [0.1, 0.15) is 11.5 Å². The zero-order valence-corrected chi connectivity index (χ0v) is 19.3. The monoisotopic (exact) mass is 452 g/mol. The summed E-state index contributed by atoms with van der Waals surface area (Å²) in [4.78, 5) is 21.8. The number of benzene rings is 1. The number of aryl methyl sites for hydroxylation is 2. The van der Waals surface area contributed by atoms with Gasteiger partial charge in [-0.1, -0.05) is 5.16 Å². The van der Waals surface area contributed by atoms with E-state index in [9.17, 15) is 4.79 Å². The van der Waals surface area contributed by atoms with Crippen LogP contribution in [-0.4, -0.2) is 47.3 Å². The van der Waals surface area contributed by atoms with E-state index < -0.39 is 0 Å². The average Bonchev–Trinajstić information content (AvgIpc) is 3.16. The van der Waals surface area contributed by atoms with Gasteiger partial charge in [0.15, 0.2) is 18.3 Å². The molecule has 10 nitrogen and oxygen atoms in total. The van der Waals surface area contributed by atoms with Crippen LogP contribution in [0, 0.1) is 13.8 Å². The Labute approximate surface area is 192 Å². The highest BCUT2D eigenvalue weighted by molar-refractivity contribution is 5.96. The molecule has 0 fully saturated rings. The van der Waals surface area contributed by atoms with Gasteiger partial charge in [-0.3, -0.25) is 4.79 Å². The highest BCUT2D eigenvalue weighted by Gasteiger charge is 2.16. The molecule has 0 bridgehead atoms. The van der Waals surface area contributed by atoms with Crippen LogP contribution in [0.25, 0.3) is 5.82 Å². The molecule has 0 aliphatic heterocycles. The molecule has 0 unspecified atom stereocenters. The van der Waals surface area contributed by atoms with E-state index in [2.05, 4.69) is 20.6 Å². The van der Waals surface area contributed by atoms with Crippen molar-refractivity contribution in [3.8, 4) is 17.3 Å². The van der Waals surface area contributed by atoms with Gasteiger partial charge in [0, 0.05) is 23.0 Å². The number of amides is 1. The molecule has 174 valence electrons. The van der Waals surface area contributed by atoms with Crippen LogP contribution < -0.4 is 20.5 Å². The second kappa shape index (κ2) is 10.5. The molecule has 10 heteroatoms. The second-order valence-electron chi connectivity index (χ2n) is 7.39. The number of hydrogen-bond donors (Lipinski definition) is 2. The Kier molecular flexibility index (Phi) is 7.50. The molecule has 0 saturated carbocycles. The van der Waals surface area contributed by atoms with Gasteiger partial charge >= 0.3 is 0 Å². The van der Waals surface area contributed by atoms with Gasteiger partial charge in [0.25, 0.3) is 5.91 Å². The third kappa shape index (κ3) is 5.79. The smallest absolute Gasteiger partial charge is 0.261 e. The lowest BCUT2D eigenvalue weighted by atomic mass is 10.1. The molecule has 3 N–H and O–H groups in total. The quantitative estimate of drug-likeness (QED) is 0.290. The minimum atomic E-state index is -0.359. The maximum atomic E-state index is 12.3. The van der Waals surface area contributed by atoms with Crippen molar-refractivity contribution in [2.45, 2.75) is 26.8 Å². The molecule has 1 amide bonds. The highest BCUT2D eigenvalue weighted by atomic mass is 16.6. The van der Waals surface area contributed by atoms with Crippen LogP contribution in [0.5, 0.6) is 11.5 Å². The van der Waals surface area contributed by atoms with Crippen molar-refractivity contribution < 1.29 is 19.1 Å². The molecular formula is C23H28N6O4. The summed E-state index contributed by atoms with van der Waals surface area (Å²) < 4.78 is 12.4. The van der Waals surface area contributed by atoms with Crippen molar-refractivity contribution >= 4 is 11.7 Å². The number of ether oxygens (including phenoxy) is 2. The molecular weight excluding hydrogens is 424 g/mol. The minimum Gasteiger partial charge on any atom is -0.497 e. The molecule has 0 aliphatic rings. The Hall–Kier alpha value is -4.08. The summed E-state index contributed by atoms with van der Waals surface area (Å²) in [5.74, 6) is 1.72. The highest BCUT2D eigenvalue weighted by Crippen LogP contribution is 2.29. The van der Waals surface area contributed by atoms with Crippen molar-refractivity contribution in [2.24, 2.45) is 10.9 Å². The molecule has 33 heavy (non-hydrogen) atoms. The fourth-order valence-corrected chi connectivity index (χ4v) is 3.28. The number of oxime groups is 1. The molecule has 0 saturated heterocycles. The van der Waals surface area contributed by atoms with E-state index in [1.807, 2.05) is 32.9 Å². The van der Waals surface area contributed by atoms with Crippen LogP contribution in [0.1, 0.15) is 35.5 Å². The standard InChI is InChI=1S/C23H28N6O4/c1-14-10-15(2)29(27-14)21-9-6-17(12-25-21)23(24)28-33-13-22(30)26-16(3)19-11-18(31-4)7-8-20(19)32-5/h6-12,16H,13H2,1-5H3,(H2,24,28)(H,26,30)/t16-/m1/s1. The van der Waals surface area contributed by atoms with Gasteiger partial charge in [-0.15, -0.1) is 0 Å². The number of nitrogens with two attached hydrogens (primary N) is 1. The number of nitrogens with one attached hydrogen (secondary N) is 1. The van der Waals surface area contributed by atoms with E-state index in [1.54, 1.807) is 49.4 Å². The molecule has 0 radical (unpaired) electrons. The summed E-state index contributed by atoms with van der Waals surface area (Å²) in [5, 5.41) is 11.1. The largest absolute Gasteiger partial charge is 0.497 e. The lowest BCUT2D eigenvalue weighted by molar-refractivity contribution is -0.126. The van der Waals surface area contributed by atoms with Crippen molar-refractivity contribution in [2.75, 3.05) is 20.8 Å². The lowest BCUT2D eigenvalue weighted by Gasteiger charge is -2.18. The third-order valence-corrected chi connectivity index (χ3v) is 4.91. The number of carbonyl (C=O) groups is 1. The first-order valence-corrected chi connectivity index (χ1v) is 10.3. The zero-order chi connectivity index (χ0) is 24.0. The zero-order valence-electron chi connectivity index (χ0n) is 19.3. The van der Waals surface area contributed by atoms with Crippen LogP contribution in [-0.2, 0) is 9.63 Å². The van der Waals surface area contributed by atoms with Crippen LogP contribution >= 0.6 is 0 Å². The van der Waals surface area contributed by atoms with Gasteiger partial charge in [-0.2, -0.15) is 5.10 Å². The normalized spacial score (nSPS) is 12.2. The fraction of sp³-hybridized carbons (Fsp3) is 0.304. The molecule has 0 aliphatic carbocycles. The van der Waals surface area contributed by atoms with Crippen molar-refractivity contribution in [3.63, 3.8) is 0 Å². The number of pyridine rings is 1. The molecule has 3 rings (SSSR count). The van der Waals surface area contributed by atoms with Gasteiger partial charge in [0.05, 0.1) is 26.0 Å². The first-order valence-electron chi connectivity index (χ1n) is 10.3. The summed E-state index contributed by atoms with van der Waals surface area (Å²) in [6, 6.07) is 10.6. The molecule has 1 aromatic carbocycles. The van der Waals surface area contributed by atoms with E-state index in [1.165, 1.54) is 0 Å². The van der Waals surface area contributed by atoms with Crippen LogP contribution in [0.4, 0.5) is 0 Å². The van der Waals surface area contributed by atoms with Crippen molar-refractivity contribution in [3.05, 3.63) is 65.1 Å².